The molecule has 5 nitrogen and oxygen atoms in total. The van der Waals surface area contributed by atoms with E-state index >= 15 is 0 Å². The molecule has 0 atom stereocenters. The van der Waals surface area contributed by atoms with E-state index in [9.17, 15) is 0 Å². The van der Waals surface area contributed by atoms with E-state index in [0.717, 1.165) is 16.3 Å². The zero-order chi connectivity index (χ0) is 19.6. The SMILES string of the molecule is COc1cccc(/C=N/c2nnc(Cn3c4ccccc4c4ccccc43)s2)c1. The third kappa shape index (κ3) is 3.39. The molecule has 142 valence electrons. The van der Waals surface area contributed by atoms with Crippen molar-refractivity contribution in [3.63, 3.8) is 0 Å². The number of benzene rings is 3. The lowest BCUT2D eigenvalue weighted by atomic mass is 10.2. The summed E-state index contributed by atoms with van der Waals surface area (Å²) in [4.78, 5) is 4.48. The number of nitrogens with zero attached hydrogens (tertiary/aromatic N) is 4. The van der Waals surface area contributed by atoms with E-state index in [1.807, 2.05) is 24.3 Å². The molecule has 0 fully saturated rings. The Labute approximate surface area is 171 Å². The van der Waals surface area contributed by atoms with Gasteiger partial charge in [-0.2, -0.15) is 0 Å². The molecule has 0 aliphatic heterocycles. The number of hydrogen-bond acceptors (Lipinski definition) is 5. The first-order chi connectivity index (χ1) is 14.3. The predicted octanol–water partition coefficient (Wildman–Crippen LogP) is 5.45. The minimum atomic E-state index is 0.642. The summed E-state index contributed by atoms with van der Waals surface area (Å²) in [5.74, 6) is 0.804. The van der Waals surface area contributed by atoms with Crippen LogP contribution in [0, 0.1) is 0 Å². The molecule has 0 N–H and O–H groups in total. The van der Waals surface area contributed by atoms with Crippen LogP contribution in [0.15, 0.2) is 77.8 Å². The van der Waals surface area contributed by atoms with Crippen molar-refractivity contribution in [2.24, 2.45) is 4.99 Å². The minimum absolute atomic E-state index is 0.642. The molecular formula is C23H18N4OS. The molecule has 0 bridgehead atoms. The normalized spacial score (nSPS) is 11.6. The van der Waals surface area contributed by atoms with E-state index in [-0.39, 0.29) is 0 Å². The van der Waals surface area contributed by atoms with Crippen LogP contribution in [0.1, 0.15) is 10.6 Å². The van der Waals surface area contributed by atoms with E-state index in [0.29, 0.717) is 11.7 Å². The second kappa shape index (κ2) is 7.48. The van der Waals surface area contributed by atoms with E-state index < -0.39 is 0 Å². The fourth-order valence-corrected chi connectivity index (χ4v) is 4.19. The molecule has 0 amide bonds. The molecule has 3 aromatic carbocycles. The molecule has 0 radical (unpaired) electrons. The van der Waals surface area contributed by atoms with E-state index in [1.54, 1.807) is 13.3 Å². The Kier molecular flexibility index (Phi) is 4.54. The van der Waals surface area contributed by atoms with Crippen LogP contribution in [0.25, 0.3) is 21.8 Å². The van der Waals surface area contributed by atoms with Crippen LogP contribution in [0.3, 0.4) is 0 Å². The van der Waals surface area contributed by atoms with Gasteiger partial charge in [0, 0.05) is 28.0 Å². The van der Waals surface area contributed by atoms with Crippen LogP contribution in [-0.2, 0) is 6.54 Å². The highest BCUT2D eigenvalue weighted by molar-refractivity contribution is 7.14. The van der Waals surface area contributed by atoms with Gasteiger partial charge in [-0.3, -0.25) is 0 Å². The van der Waals surface area contributed by atoms with Crippen LogP contribution >= 0.6 is 11.3 Å². The zero-order valence-electron chi connectivity index (χ0n) is 15.8. The Balaban J connectivity index is 1.45. The second-order valence-electron chi connectivity index (χ2n) is 6.63. The number of para-hydroxylation sites is 2. The number of aliphatic imine (C=N–C) groups is 1. The third-order valence-electron chi connectivity index (χ3n) is 4.85. The lowest BCUT2D eigenvalue weighted by Crippen LogP contribution is -1.98. The number of fused-ring (bicyclic) bond motifs is 3. The Hall–Kier alpha value is -3.51. The van der Waals surface area contributed by atoms with Gasteiger partial charge in [0.05, 0.1) is 13.7 Å². The summed E-state index contributed by atoms with van der Waals surface area (Å²) in [6, 6.07) is 24.7. The fraction of sp³-hybridized carbons (Fsp3) is 0.0870. The van der Waals surface area contributed by atoms with E-state index in [2.05, 4.69) is 68.3 Å². The van der Waals surface area contributed by atoms with Crippen molar-refractivity contribution in [1.29, 1.82) is 0 Å². The monoisotopic (exact) mass is 398 g/mol. The topological polar surface area (TPSA) is 52.3 Å². The molecule has 29 heavy (non-hydrogen) atoms. The zero-order valence-corrected chi connectivity index (χ0v) is 16.6. The predicted molar refractivity (Wildman–Crippen MR) is 119 cm³/mol. The Morgan fingerprint density at radius 3 is 2.38 bits per heavy atom. The summed E-state index contributed by atoms with van der Waals surface area (Å²) >= 11 is 1.51. The van der Waals surface area contributed by atoms with Gasteiger partial charge in [0.1, 0.15) is 10.8 Å². The maximum Gasteiger partial charge on any atom is 0.231 e. The van der Waals surface area contributed by atoms with Crippen molar-refractivity contribution in [3.05, 3.63) is 83.4 Å². The molecule has 0 aliphatic carbocycles. The molecule has 0 aliphatic rings. The lowest BCUT2D eigenvalue weighted by Gasteiger charge is -2.04. The first kappa shape index (κ1) is 17.6. The molecule has 0 saturated carbocycles. The number of methoxy groups -OCH3 is 1. The number of aromatic nitrogens is 3. The van der Waals surface area contributed by atoms with Crippen LogP contribution in [0.5, 0.6) is 5.75 Å². The van der Waals surface area contributed by atoms with Gasteiger partial charge in [-0.1, -0.05) is 59.9 Å². The van der Waals surface area contributed by atoms with Crippen LogP contribution in [0.2, 0.25) is 0 Å². The van der Waals surface area contributed by atoms with Gasteiger partial charge in [0.15, 0.2) is 0 Å². The molecule has 5 aromatic rings. The van der Waals surface area contributed by atoms with Crippen molar-refractivity contribution in [1.82, 2.24) is 14.8 Å². The average Bonchev–Trinajstić information content (AvgIpc) is 3.36. The standard InChI is InChI=1S/C23H18N4OS/c1-28-17-8-6-7-16(13-17)14-24-23-26-25-22(29-23)15-27-20-11-4-2-9-18(20)19-10-3-5-12-21(19)27/h2-14H,15H2,1H3/b24-14+. The van der Waals surface area contributed by atoms with Gasteiger partial charge in [-0.15, -0.1) is 10.2 Å². The molecule has 2 aromatic heterocycles. The van der Waals surface area contributed by atoms with Gasteiger partial charge in [0.25, 0.3) is 0 Å². The quantitative estimate of drug-likeness (QED) is 0.370. The minimum Gasteiger partial charge on any atom is -0.497 e. The summed E-state index contributed by atoms with van der Waals surface area (Å²) in [5, 5.41) is 12.7. The fourth-order valence-electron chi connectivity index (χ4n) is 3.52. The van der Waals surface area contributed by atoms with Crippen molar-refractivity contribution in [3.8, 4) is 5.75 Å². The summed E-state index contributed by atoms with van der Waals surface area (Å²) in [7, 11) is 1.65. The molecule has 5 rings (SSSR count). The first-order valence-corrected chi connectivity index (χ1v) is 10.1. The number of ether oxygens (including phenoxy) is 1. The molecule has 0 spiro atoms. The van der Waals surface area contributed by atoms with Crippen molar-refractivity contribution in [2.75, 3.05) is 7.11 Å². The van der Waals surface area contributed by atoms with Gasteiger partial charge in [-0.25, -0.2) is 4.99 Å². The summed E-state index contributed by atoms with van der Waals surface area (Å²) in [5.41, 5.74) is 3.36. The molecule has 0 saturated heterocycles. The Bertz CT molecular complexity index is 1280. The smallest absolute Gasteiger partial charge is 0.231 e. The summed E-state index contributed by atoms with van der Waals surface area (Å²) < 4.78 is 7.54. The van der Waals surface area contributed by atoms with Crippen molar-refractivity contribution in [2.45, 2.75) is 6.54 Å². The van der Waals surface area contributed by atoms with Crippen molar-refractivity contribution < 1.29 is 4.74 Å². The second-order valence-corrected chi connectivity index (χ2v) is 7.67. The van der Waals surface area contributed by atoms with Gasteiger partial charge in [-0.05, 0) is 29.8 Å². The van der Waals surface area contributed by atoms with Crippen LogP contribution in [0.4, 0.5) is 5.13 Å². The number of rotatable bonds is 5. The molecule has 0 unspecified atom stereocenters. The van der Waals surface area contributed by atoms with Gasteiger partial charge >= 0.3 is 0 Å². The molecular weight excluding hydrogens is 380 g/mol. The van der Waals surface area contributed by atoms with E-state index in [4.69, 9.17) is 4.74 Å². The molecule has 2 heterocycles. The average molecular weight is 398 g/mol. The summed E-state index contributed by atoms with van der Waals surface area (Å²) in [6.45, 7) is 0.667. The Morgan fingerprint density at radius 1 is 0.931 bits per heavy atom. The maximum absolute atomic E-state index is 5.25. The van der Waals surface area contributed by atoms with Crippen LogP contribution < -0.4 is 4.74 Å². The summed E-state index contributed by atoms with van der Waals surface area (Å²) in [6.07, 6.45) is 1.78. The highest BCUT2D eigenvalue weighted by atomic mass is 32.1. The van der Waals surface area contributed by atoms with Crippen LogP contribution in [-0.4, -0.2) is 28.1 Å². The maximum atomic E-state index is 5.25. The van der Waals surface area contributed by atoms with Gasteiger partial charge in [0.2, 0.25) is 5.13 Å². The highest BCUT2D eigenvalue weighted by Gasteiger charge is 2.12. The highest BCUT2D eigenvalue weighted by Crippen LogP contribution is 2.30. The van der Waals surface area contributed by atoms with Crippen molar-refractivity contribution >= 4 is 44.5 Å². The van der Waals surface area contributed by atoms with Gasteiger partial charge < -0.3 is 9.30 Å². The number of hydrogen-bond donors (Lipinski definition) is 0. The Morgan fingerprint density at radius 2 is 1.66 bits per heavy atom. The third-order valence-corrected chi connectivity index (χ3v) is 5.66. The first-order valence-electron chi connectivity index (χ1n) is 9.28. The lowest BCUT2D eigenvalue weighted by molar-refractivity contribution is 0.415. The van der Waals surface area contributed by atoms with E-state index in [1.165, 1.54) is 33.1 Å². The largest absolute Gasteiger partial charge is 0.497 e. The molecule has 6 heteroatoms.